The van der Waals surface area contributed by atoms with Crippen molar-refractivity contribution in [2.24, 2.45) is 13.0 Å². The van der Waals surface area contributed by atoms with E-state index in [4.69, 9.17) is 0 Å². The van der Waals surface area contributed by atoms with Gasteiger partial charge in [0.2, 0.25) is 5.91 Å². The molecule has 0 unspecified atom stereocenters. The summed E-state index contributed by atoms with van der Waals surface area (Å²) in [4.78, 5) is 14.3. The van der Waals surface area contributed by atoms with E-state index in [0.29, 0.717) is 38.8 Å². The van der Waals surface area contributed by atoms with Crippen molar-refractivity contribution in [2.75, 3.05) is 13.1 Å². The number of hydrogen-bond acceptors (Lipinski definition) is 3. The Labute approximate surface area is 147 Å². The first-order valence-electron chi connectivity index (χ1n) is 8.69. The number of likely N-dealkylation sites (tertiary alicyclic amines) is 1. The molecule has 0 radical (unpaired) electrons. The van der Waals surface area contributed by atoms with Gasteiger partial charge < -0.3 is 10.0 Å². The second-order valence-corrected chi connectivity index (χ2v) is 6.81. The number of piperidine rings is 1. The first-order valence-corrected chi connectivity index (χ1v) is 8.69. The van der Waals surface area contributed by atoms with Crippen LogP contribution in [0.5, 0.6) is 0 Å². The van der Waals surface area contributed by atoms with Gasteiger partial charge in [-0.3, -0.25) is 9.48 Å². The molecule has 0 spiro atoms. The van der Waals surface area contributed by atoms with Crippen LogP contribution in [0, 0.1) is 11.7 Å². The third kappa shape index (κ3) is 4.66. The van der Waals surface area contributed by atoms with Gasteiger partial charge in [-0.2, -0.15) is 5.10 Å². The molecule has 2 aromatic rings. The molecule has 1 aromatic heterocycles. The zero-order valence-corrected chi connectivity index (χ0v) is 14.4. The molecule has 2 heterocycles. The van der Waals surface area contributed by atoms with Crippen molar-refractivity contribution < 1.29 is 14.3 Å². The molecule has 2 atom stereocenters. The Morgan fingerprint density at radius 1 is 1.40 bits per heavy atom. The average molecular weight is 345 g/mol. The Kier molecular flexibility index (Phi) is 5.48. The molecule has 5 nitrogen and oxygen atoms in total. The van der Waals surface area contributed by atoms with Gasteiger partial charge in [-0.25, -0.2) is 4.39 Å². The summed E-state index contributed by atoms with van der Waals surface area (Å²) in [7, 11) is 1.86. The highest BCUT2D eigenvalue weighted by Crippen LogP contribution is 2.22. The SMILES string of the molecule is Cn1cc(CCC(=O)N2CC[C@@H](O)[C@H](Cc3cccc(F)c3)C2)cn1. The van der Waals surface area contributed by atoms with Gasteiger partial charge in [0.1, 0.15) is 5.82 Å². The molecule has 134 valence electrons. The van der Waals surface area contributed by atoms with Gasteiger partial charge in [0.05, 0.1) is 12.3 Å². The summed E-state index contributed by atoms with van der Waals surface area (Å²) in [5.41, 5.74) is 1.90. The predicted octanol–water partition coefficient (Wildman–Crippen LogP) is 1.94. The number of nitrogens with zero attached hydrogens (tertiary/aromatic N) is 3. The molecule has 0 aliphatic carbocycles. The molecule has 0 saturated carbocycles. The van der Waals surface area contributed by atoms with Gasteiger partial charge in [0.15, 0.2) is 0 Å². The molecule has 1 N–H and O–H groups in total. The van der Waals surface area contributed by atoms with Crippen molar-refractivity contribution in [2.45, 2.75) is 31.8 Å². The highest BCUT2D eigenvalue weighted by molar-refractivity contribution is 5.76. The summed E-state index contributed by atoms with van der Waals surface area (Å²) in [6, 6.07) is 6.45. The van der Waals surface area contributed by atoms with Gasteiger partial charge in [0, 0.05) is 38.7 Å². The largest absolute Gasteiger partial charge is 0.393 e. The Hall–Kier alpha value is -2.21. The minimum absolute atomic E-state index is 0.0575. The lowest BCUT2D eigenvalue weighted by Gasteiger charge is -2.36. The van der Waals surface area contributed by atoms with Gasteiger partial charge in [-0.05, 0) is 42.5 Å². The third-order valence-corrected chi connectivity index (χ3v) is 4.82. The molecule has 1 aliphatic rings. The fraction of sp³-hybridized carbons (Fsp3) is 0.474. The van der Waals surface area contributed by atoms with Crippen LogP contribution in [0.25, 0.3) is 0 Å². The summed E-state index contributed by atoms with van der Waals surface area (Å²) in [6.07, 6.45) is 5.49. The molecular weight excluding hydrogens is 321 g/mol. The normalized spacial score (nSPS) is 20.7. The predicted molar refractivity (Wildman–Crippen MR) is 92.3 cm³/mol. The maximum Gasteiger partial charge on any atom is 0.222 e. The fourth-order valence-electron chi connectivity index (χ4n) is 3.42. The van der Waals surface area contributed by atoms with Crippen molar-refractivity contribution in [1.29, 1.82) is 0 Å². The van der Waals surface area contributed by atoms with E-state index < -0.39 is 6.10 Å². The van der Waals surface area contributed by atoms with Gasteiger partial charge in [0.25, 0.3) is 0 Å². The molecule has 0 bridgehead atoms. The highest BCUT2D eigenvalue weighted by atomic mass is 19.1. The van der Waals surface area contributed by atoms with E-state index in [1.54, 1.807) is 16.9 Å². The molecule has 1 aromatic carbocycles. The van der Waals surface area contributed by atoms with E-state index in [2.05, 4.69) is 5.10 Å². The number of carbonyl (C=O) groups is 1. The van der Waals surface area contributed by atoms with E-state index in [1.165, 1.54) is 12.1 Å². The second kappa shape index (κ2) is 7.78. The number of halogens is 1. The maximum absolute atomic E-state index is 13.4. The van der Waals surface area contributed by atoms with Crippen LogP contribution >= 0.6 is 0 Å². The Morgan fingerprint density at radius 3 is 2.96 bits per heavy atom. The average Bonchev–Trinajstić information content (AvgIpc) is 3.00. The number of aliphatic hydroxyl groups excluding tert-OH is 1. The lowest BCUT2D eigenvalue weighted by atomic mass is 9.88. The topological polar surface area (TPSA) is 58.4 Å². The van der Waals surface area contributed by atoms with Crippen LogP contribution in [0.1, 0.15) is 24.0 Å². The van der Waals surface area contributed by atoms with Crippen LogP contribution in [0.3, 0.4) is 0 Å². The first kappa shape index (κ1) is 17.6. The summed E-state index contributed by atoms with van der Waals surface area (Å²) >= 11 is 0. The van der Waals surface area contributed by atoms with Crippen LogP contribution < -0.4 is 0 Å². The number of hydrogen-bond donors (Lipinski definition) is 1. The number of aryl methyl sites for hydroxylation is 2. The zero-order valence-electron chi connectivity index (χ0n) is 14.4. The van der Waals surface area contributed by atoms with Gasteiger partial charge in [-0.15, -0.1) is 0 Å². The molecule has 1 saturated heterocycles. The molecule has 1 amide bonds. The quantitative estimate of drug-likeness (QED) is 0.901. The number of benzene rings is 1. The molecule has 3 rings (SSSR count). The van der Waals surface area contributed by atoms with E-state index in [9.17, 15) is 14.3 Å². The van der Waals surface area contributed by atoms with Gasteiger partial charge in [-0.1, -0.05) is 12.1 Å². The first-order chi connectivity index (χ1) is 12.0. The maximum atomic E-state index is 13.4. The van der Waals surface area contributed by atoms with Crippen LogP contribution in [-0.2, 0) is 24.7 Å². The summed E-state index contributed by atoms with van der Waals surface area (Å²) < 4.78 is 15.1. The van der Waals surface area contributed by atoms with E-state index in [0.717, 1.165) is 11.1 Å². The monoisotopic (exact) mass is 345 g/mol. The minimum Gasteiger partial charge on any atom is -0.393 e. The van der Waals surface area contributed by atoms with Crippen molar-refractivity contribution in [3.8, 4) is 0 Å². The van der Waals surface area contributed by atoms with Crippen molar-refractivity contribution in [1.82, 2.24) is 14.7 Å². The van der Waals surface area contributed by atoms with Crippen LogP contribution in [0.4, 0.5) is 4.39 Å². The Balaban J connectivity index is 1.56. The van der Waals surface area contributed by atoms with Crippen LogP contribution in [-0.4, -0.2) is 44.9 Å². The molecule has 1 fully saturated rings. The van der Waals surface area contributed by atoms with Crippen LogP contribution in [0.2, 0.25) is 0 Å². The summed E-state index contributed by atoms with van der Waals surface area (Å²) in [6.45, 7) is 1.09. The zero-order chi connectivity index (χ0) is 17.8. The number of rotatable bonds is 5. The lowest BCUT2D eigenvalue weighted by Crippen LogP contribution is -2.46. The summed E-state index contributed by atoms with van der Waals surface area (Å²) in [5, 5.41) is 14.4. The lowest BCUT2D eigenvalue weighted by molar-refractivity contribution is -0.134. The van der Waals surface area contributed by atoms with Crippen molar-refractivity contribution in [3.63, 3.8) is 0 Å². The highest BCUT2D eigenvalue weighted by Gasteiger charge is 2.30. The number of aromatic nitrogens is 2. The van der Waals surface area contributed by atoms with E-state index in [-0.39, 0.29) is 17.6 Å². The molecule has 1 aliphatic heterocycles. The molecular formula is C19H24FN3O2. The molecule has 25 heavy (non-hydrogen) atoms. The number of amides is 1. The fourth-order valence-corrected chi connectivity index (χ4v) is 3.42. The Morgan fingerprint density at radius 2 is 2.24 bits per heavy atom. The van der Waals surface area contributed by atoms with Gasteiger partial charge >= 0.3 is 0 Å². The number of aliphatic hydroxyl groups is 1. The van der Waals surface area contributed by atoms with E-state index >= 15 is 0 Å². The minimum atomic E-state index is -0.453. The third-order valence-electron chi connectivity index (χ3n) is 4.82. The summed E-state index contributed by atoms with van der Waals surface area (Å²) in [5.74, 6) is -0.231. The smallest absolute Gasteiger partial charge is 0.222 e. The van der Waals surface area contributed by atoms with Crippen molar-refractivity contribution >= 4 is 5.91 Å². The standard InChI is InChI=1S/C19H24FN3O2/c1-22-12-15(11-21-22)5-6-19(25)23-8-7-18(24)16(13-23)9-14-3-2-4-17(20)10-14/h2-4,10-12,16,18,24H,5-9,13H2,1H3/t16-,18-/m1/s1. The molecule has 6 heteroatoms. The van der Waals surface area contributed by atoms with E-state index in [1.807, 2.05) is 24.2 Å². The van der Waals surface area contributed by atoms with Crippen molar-refractivity contribution in [3.05, 3.63) is 53.6 Å². The van der Waals surface area contributed by atoms with Crippen LogP contribution in [0.15, 0.2) is 36.7 Å². The Bertz CT molecular complexity index is 731. The second-order valence-electron chi connectivity index (χ2n) is 6.81. The number of carbonyl (C=O) groups excluding carboxylic acids is 1.